The summed E-state index contributed by atoms with van der Waals surface area (Å²) in [6.45, 7) is 2.38. The normalized spacial score (nSPS) is 32.2. The van der Waals surface area contributed by atoms with Crippen LogP contribution in [-0.2, 0) is 16.8 Å². The molecule has 5 rings (SSSR count). The number of rotatable bonds is 0. The maximum Gasteiger partial charge on any atom is 0.490 e. The second-order valence-electron chi connectivity index (χ2n) is 7.10. The number of aliphatic hydroxyl groups excluding tert-OH is 1. The molecule has 1 aliphatic carbocycles. The number of fused-ring (bicyclic) bond motifs is 2. The Morgan fingerprint density at radius 3 is 2.59 bits per heavy atom. The van der Waals surface area contributed by atoms with Crippen molar-refractivity contribution < 1.29 is 37.7 Å². The van der Waals surface area contributed by atoms with Crippen molar-refractivity contribution >= 4 is 5.97 Å². The first kappa shape index (κ1) is 18.1. The highest BCUT2D eigenvalue weighted by atomic mass is 19.4. The van der Waals surface area contributed by atoms with Crippen LogP contribution in [0.5, 0.6) is 11.5 Å². The number of carbonyl (C=O) groups is 1. The third-order valence-corrected chi connectivity index (χ3v) is 5.64. The van der Waals surface area contributed by atoms with E-state index in [4.69, 9.17) is 19.4 Å². The van der Waals surface area contributed by atoms with Crippen molar-refractivity contribution in [3.8, 4) is 11.5 Å². The van der Waals surface area contributed by atoms with E-state index < -0.39 is 12.1 Å². The van der Waals surface area contributed by atoms with Gasteiger partial charge in [-0.15, -0.1) is 0 Å². The number of nitrogens with zero attached hydrogens (tertiary/aromatic N) is 1. The quantitative estimate of drug-likeness (QED) is 0.667. The topological polar surface area (TPSA) is 79.2 Å². The molecule has 4 atom stereocenters. The van der Waals surface area contributed by atoms with Gasteiger partial charge in [-0.05, 0) is 36.1 Å². The number of carboxylic acid groups (broad SMARTS) is 1. The molecule has 0 amide bonds. The van der Waals surface area contributed by atoms with Gasteiger partial charge in [-0.2, -0.15) is 13.2 Å². The van der Waals surface area contributed by atoms with E-state index in [0.29, 0.717) is 12.8 Å². The standard InChI is InChI=1S/C16H17NO3.C2HF3O2/c18-11-1-2-16-3-4-17(15(16)6-11)8-10-5-13-14(7-12(10)16)20-9-19-13;3-2(4,5)1(6)7/h1-2,5,7,11,15,18H,3-4,6,8-9H2;(H,6,7)/t11-,15+,16+;/m1./s1. The van der Waals surface area contributed by atoms with E-state index in [2.05, 4.69) is 23.1 Å². The highest BCUT2D eigenvalue weighted by Gasteiger charge is 2.53. The van der Waals surface area contributed by atoms with Gasteiger partial charge in [0.25, 0.3) is 0 Å². The Kier molecular flexibility index (Phi) is 4.12. The summed E-state index contributed by atoms with van der Waals surface area (Å²) in [6, 6.07) is 4.75. The summed E-state index contributed by atoms with van der Waals surface area (Å²) in [4.78, 5) is 11.4. The summed E-state index contributed by atoms with van der Waals surface area (Å²) < 4.78 is 42.8. The van der Waals surface area contributed by atoms with Gasteiger partial charge in [0.15, 0.2) is 11.5 Å². The lowest BCUT2D eigenvalue weighted by Crippen LogP contribution is -2.49. The summed E-state index contributed by atoms with van der Waals surface area (Å²) in [5.74, 6) is -1.01. The SMILES string of the molecule is O=C(O)C(F)(F)F.O[C@@H]1C=C[C@]23CCN(Cc4cc5c(cc42)OCO5)[C@H]3C1. The van der Waals surface area contributed by atoms with Crippen LogP contribution in [0.3, 0.4) is 0 Å². The molecule has 4 aliphatic rings. The molecular formula is C18H18F3NO5. The van der Waals surface area contributed by atoms with E-state index in [9.17, 15) is 18.3 Å². The van der Waals surface area contributed by atoms with E-state index in [-0.39, 0.29) is 11.5 Å². The van der Waals surface area contributed by atoms with E-state index in [0.717, 1.165) is 37.4 Å². The van der Waals surface area contributed by atoms with E-state index >= 15 is 0 Å². The van der Waals surface area contributed by atoms with Gasteiger partial charge in [0, 0.05) is 24.5 Å². The molecule has 0 saturated carbocycles. The minimum Gasteiger partial charge on any atom is -0.475 e. The molecule has 1 unspecified atom stereocenters. The van der Waals surface area contributed by atoms with Crippen LogP contribution in [0.4, 0.5) is 13.2 Å². The van der Waals surface area contributed by atoms with Crippen LogP contribution in [0.2, 0.25) is 0 Å². The molecule has 0 spiro atoms. The molecule has 0 aromatic heterocycles. The highest BCUT2D eigenvalue weighted by molar-refractivity contribution is 5.73. The van der Waals surface area contributed by atoms with E-state index in [1.54, 1.807) is 0 Å². The minimum absolute atomic E-state index is 0.0633. The fourth-order valence-corrected chi connectivity index (χ4v) is 4.48. The lowest BCUT2D eigenvalue weighted by Gasteiger charge is -2.45. The molecule has 2 N–H and O–H groups in total. The zero-order valence-corrected chi connectivity index (χ0v) is 14.2. The zero-order chi connectivity index (χ0) is 19.4. The molecule has 1 aromatic rings. The Bertz CT molecular complexity index is 809. The van der Waals surface area contributed by atoms with Crippen molar-refractivity contribution in [2.75, 3.05) is 13.3 Å². The fraction of sp³-hybridized carbons (Fsp3) is 0.500. The number of halogens is 3. The molecular weight excluding hydrogens is 367 g/mol. The predicted octanol–water partition coefficient (Wildman–Crippen LogP) is 2.20. The van der Waals surface area contributed by atoms with E-state index in [1.807, 2.05) is 6.08 Å². The smallest absolute Gasteiger partial charge is 0.475 e. The number of hydrogen-bond donors (Lipinski definition) is 2. The Hall–Kier alpha value is -2.26. The fourth-order valence-electron chi connectivity index (χ4n) is 4.48. The van der Waals surface area contributed by atoms with Crippen molar-refractivity contribution in [2.45, 2.75) is 43.1 Å². The molecule has 146 valence electrons. The summed E-state index contributed by atoms with van der Waals surface area (Å²) in [7, 11) is 0. The molecule has 1 aromatic carbocycles. The Morgan fingerprint density at radius 2 is 1.93 bits per heavy atom. The lowest BCUT2D eigenvalue weighted by molar-refractivity contribution is -0.192. The van der Waals surface area contributed by atoms with Crippen LogP contribution in [0, 0.1) is 0 Å². The molecule has 1 saturated heterocycles. The van der Waals surface area contributed by atoms with Gasteiger partial charge in [-0.1, -0.05) is 12.2 Å². The van der Waals surface area contributed by atoms with Crippen molar-refractivity contribution in [1.82, 2.24) is 4.90 Å². The molecule has 27 heavy (non-hydrogen) atoms. The van der Waals surface area contributed by atoms with Crippen LogP contribution in [-0.4, -0.2) is 52.7 Å². The van der Waals surface area contributed by atoms with Crippen LogP contribution < -0.4 is 9.47 Å². The number of aliphatic hydroxyl groups is 1. The van der Waals surface area contributed by atoms with Crippen LogP contribution >= 0.6 is 0 Å². The number of aliphatic carboxylic acids is 1. The third-order valence-electron chi connectivity index (χ3n) is 5.64. The maximum atomic E-state index is 10.6. The first-order valence-corrected chi connectivity index (χ1v) is 8.55. The van der Waals surface area contributed by atoms with Gasteiger partial charge in [0.2, 0.25) is 6.79 Å². The lowest BCUT2D eigenvalue weighted by atomic mass is 9.66. The van der Waals surface area contributed by atoms with E-state index in [1.165, 1.54) is 11.1 Å². The minimum atomic E-state index is -5.08. The largest absolute Gasteiger partial charge is 0.490 e. The first-order valence-electron chi connectivity index (χ1n) is 8.55. The molecule has 2 bridgehead atoms. The zero-order valence-electron chi connectivity index (χ0n) is 14.2. The molecule has 9 heteroatoms. The second-order valence-corrected chi connectivity index (χ2v) is 7.10. The third kappa shape index (κ3) is 2.94. The first-order chi connectivity index (χ1) is 12.7. The molecule has 3 heterocycles. The van der Waals surface area contributed by atoms with Gasteiger partial charge >= 0.3 is 12.1 Å². The monoisotopic (exact) mass is 385 g/mol. The Balaban J connectivity index is 0.000000224. The second kappa shape index (κ2) is 6.13. The highest BCUT2D eigenvalue weighted by Crippen LogP contribution is 2.53. The number of alkyl halides is 3. The number of benzene rings is 1. The van der Waals surface area contributed by atoms with Gasteiger partial charge in [0.05, 0.1) is 6.10 Å². The van der Waals surface area contributed by atoms with Crippen LogP contribution in [0.15, 0.2) is 24.3 Å². The molecule has 6 nitrogen and oxygen atoms in total. The van der Waals surface area contributed by atoms with Crippen molar-refractivity contribution in [3.63, 3.8) is 0 Å². The Morgan fingerprint density at radius 1 is 1.26 bits per heavy atom. The van der Waals surface area contributed by atoms with Crippen molar-refractivity contribution in [2.24, 2.45) is 0 Å². The van der Waals surface area contributed by atoms with Gasteiger partial charge < -0.3 is 19.7 Å². The average molecular weight is 385 g/mol. The van der Waals surface area contributed by atoms with Crippen molar-refractivity contribution in [3.05, 3.63) is 35.4 Å². The van der Waals surface area contributed by atoms with Gasteiger partial charge in [-0.3, -0.25) is 4.90 Å². The summed E-state index contributed by atoms with van der Waals surface area (Å²) in [5.41, 5.74) is 2.79. The average Bonchev–Trinajstić information content (AvgIpc) is 3.15. The van der Waals surface area contributed by atoms with Crippen LogP contribution in [0.25, 0.3) is 0 Å². The number of hydrogen-bond acceptors (Lipinski definition) is 5. The van der Waals surface area contributed by atoms with Crippen molar-refractivity contribution in [1.29, 1.82) is 0 Å². The number of ether oxygens (including phenoxy) is 2. The van der Waals surface area contributed by atoms with Gasteiger partial charge in [-0.25, -0.2) is 4.79 Å². The number of carboxylic acids is 1. The maximum absolute atomic E-state index is 10.6. The molecule has 1 fully saturated rings. The molecule has 0 radical (unpaired) electrons. The Labute approximate surface area is 152 Å². The summed E-state index contributed by atoms with van der Waals surface area (Å²) >= 11 is 0. The van der Waals surface area contributed by atoms with Gasteiger partial charge in [0.1, 0.15) is 0 Å². The predicted molar refractivity (Wildman–Crippen MR) is 86.5 cm³/mol. The van der Waals surface area contributed by atoms with Crippen LogP contribution in [0.1, 0.15) is 24.0 Å². The summed E-state index contributed by atoms with van der Waals surface area (Å²) in [6.07, 6.45) is 0.799. The molecule has 3 aliphatic heterocycles. The summed E-state index contributed by atoms with van der Waals surface area (Å²) in [5, 5.41) is 17.1.